The number of urea groups is 1. The number of pyridine rings is 1. The fourth-order valence-electron chi connectivity index (χ4n) is 1.61. The highest BCUT2D eigenvalue weighted by Gasteiger charge is 2.10. The molecule has 2 rings (SSSR count). The molecule has 0 aliphatic heterocycles. The lowest BCUT2D eigenvalue weighted by atomic mass is 10.2. The fourth-order valence-corrected chi connectivity index (χ4v) is 1.61. The first-order chi connectivity index (χ1) is 10.1. The molecule has 0 bridgehead atoms. The second kappa shape index (κ2) is 6.47. The van der Waals surface area contributed by atoms with Gasteiger partial charge in [0.15, 0.2) is 0 Å². The molecule has 1 heterocycles. The second-order valence-corrected chi connectivity index (χ2v) is 4.17. The molecule has 2 amide bonds. The maximum atomic E-state index is 13.5. The van der Waals surface area contributed by atoms with Gasteiger partial charge in [0.05, 0.1) is 11.3 Å². The first-order valence-electron chi connectivity index (χ1n) is 6.03. The Bertz CT molecular complexity index is 662. The molecule has 1 aromatic carbocycles. The Hall–Kier alpha value is -2.96. The van der Waals surface area contributed by atoms with Crippen LogP contribution in [0.15, 0.2) is 42.7 Å². The Morgan fingerprint density at radius 3 is 2.76 bits per heavy atom. The highest BCUT2D eigenvalue weighted by atomic mass is 19.1. The minimum Gasteiger partial charge on any atom is -0.478 e. The molecule has 6 nitrogen and oxygen atoms in total. The molecule has 0 saturated heterocycles. The van der Waals surface area contributed by atoms with Crippen LogP contribution in [0.3, 0.4) is 0 Å². The quantitative estimate of drug-likeness (QED) is 0.805. The van der Waals surface area contributed by atoms with Crippen LogP contribution in [0.25, 0.3) is 0 Å². The molecule has 0 fully saturated rings. The van der Waals surface area contributed by atoms with Gasteiger partial charge in [-0.1, -0.05) is 6.07 Å². The van der Waals surface area contributed by atoms with E-state index >= 15 is 0 Å². The molecule has 0 spiro atoms. The van der Waals surface area contributed by atoms with Gasteiger partial charge in [0.25, 0.3) is 0 Å². The summed E-state index contributed by atoms with van der Waals surface area (Å²) >= 11 is 0. The number of halogens is 1. The van der Waals surface area contributed by atoms with Crippen LogP contribution >= 0.6 is 0 Å². The number of nitrogens with one attached hydrogen (secondary N) is 2. The number of hydrogen-bond acceptors (Lipinski definition) is 3. The molecule has 3 N–H and O–H groups in total. The molecule has 0 aliphatic rings. The summed E-state index contributed by atoms with van der Waals surface area (Å²) in [5, 5.41) is 13.6. The third kappa shape index (κ3) is 4.00. The number of carboxylic acids is 1. The van der Waals surface area contributed by atoms with Crippen LogP contribution in [-0.4, -0.2) is 22.1 Å². The van der Waals surface area contributed by atoms with Crippen LogP contribution in [0.4, 0.5) is 14.9 Å². The molecule has 0 radical (unpaired) electrons. The molecule has 0 atom stereocenters. The van der Waals surface area contributed by atoms with Crippen LogP contribution in [0.1, 0.15) is 15.9 Å². The molecule has 0 aliphatic carbocycles. The van der Waals surface area contributed by atoms with Gasteiger partial charge in [-0.3, -0.25) is 4.98 Å². The van der Waals surface area contributed by atoms with Crippen molar-refractivity contribution in [2.24, 2.45) is 0 Å². The van der Waals surface area contributed by atoms with Gasteiger partial charge in [-0.05, 0) is 29.8 Å². The SMILES string of the molecule is O=C(NCc1cccnc1)Nc1cc(C(=O)O)ccc1F. The Labute approximate surface area is 119 Å². The van der Waals surface area contributed by atoms with Crippen molar-refractivity contribution in [3.8, 4) is 0 Å². The van der Waals surface area contributed by atoms with Gasteiger partial charge in [-0.25, -0.2) is 14.0 Å². The zero-order valence-electron chi connectivity index (χ0n) is 10.8. The van der Waals surface area contributed by atoms with Crippen molar-refractivity contribution >= 4 is 17.7 Å². The predicted molar refractivity (Wildman–Crippen MR) is 73.5 cm³/mol. The maximum Gasteiger partial charge on any atom is 0.335 e. The van der Waals surface area contributed by atoms with E-state index < -0.39 is 17.8 Å². The van der Waals surface area contributed by atoms with Gasteiger partial charge in [0, 0.05) is 18.9 Å². The molecule has 108 valence electrons. The minimum atomic E-state index is -1.20. The van der Waals surface area contributed by atoms with Gasteiger partial charge < -0.3 is 15.7 Å². The highest BCUT2D eigenvalue weighted by Crippen LogP contribution is 2.16. The molecule has 0 saturated carbocycles. The van der Waals surface area contributed by atoms with Crippen molar-refractivity contribution in [2.75, 3.05) is 5.32 Å². The number of aromatic nitrogens is 1. The maximum absolute atomic E-state index is 13.5. The molecule has 2 aromatic rings. The van der Waals surface area contributed by atoms with E-state index in [0.29, 0.717) is 0 Å². The summed E-state index contributed by atoms with van der Waals surface area (Å²) in [6.45, 7) is 0.222. The summed E-state index contributed by atoms with van der Waals surface area (Å²) < 4.78 is 13.5. The number of amides is 2. The fraction of sp³-hybridized carbons (Fsp3) is 0.0714. The third-order valence-corrected chi connectivity index (χ3v) is 2.64. The van der Waals surface area contributed by atoms with E-state index in [2.05, 4.69) is 15.6 Å². The number of anilines is 1. The Balaban J connectivity index is 1.99. The van der Waals surface area contributed by atoms with Crippen molar-refractivity contribution in [3.05, 3.63) is 59.7 Å². The Morgan fingerprint density at radius 2 is 2.10 bits per heavy atom. The molecular weight excluding hydrogens is 277 g/mol. The third-order valence-electron chi connectivity index (χ3n) is 2.64. The summed E-state index contributed by atoms with van der Waals surface area (Å²) in [5.74, 6) is -1.91. The van der Waals surface area contributed by atoms with Crippen LogP contribution < -0.4 is 10.6 Å². The number of carboxylic acid groups (broad SMARTS) is 1. The topological polar surface area (TPSA) is 91.3 Å². The monoisotopic (exact) mass is 289 g/mol. The van der Waals surface area contributed by atoms with Crippen molar-refractivity contribution in [1.82, 2.24) is 10.3 Å². The van der Waals surface area contributed by atoms with Crippen LogP contribution in [0, 0.1) is 5.82 Å². The zero-order chi connectivity index (χ0) is 15.2. The van der Waals surface area contributed by atoms with E-state index in [1.165, 1.54) is 0 Å². The van der Waals surface area contributed by atoms with Crippen molar-refractivity contribution in [2.45, 2.75) is 6.54 Å². The molecule has 0 unspecified atom stereocenters. The van der Waals surface area contributed by atoms with Gasteiger partial charge in [-0.2, -0.15) is 0 Å². The van der Waals surface area contributed by atoms with Crippen LogP contribution in [0.5, 0.6) is 0 Å². The molecular formula is C14H12FN3O3. The number of aromatic carboxylic acids is 1. The smallest absolute Gasteiger partial charge is 0.335 e. The van der Waals surface area contributed by atoms with Gasteiger partial charge >= 0.3 is 12.0 Å². The van der Waals surface area contributed by atoms with Gasteiger partial charge in [-0.15, -0.1) is 0 Å². The van der Waals surface area contributed by atoms with Crippen molar-refractivity contribution < 1.29 is 19.1 Å². The van der Waals surface area contributed by atoms with E-state index in [9.17, 15) is 14.0 Å². The largest absolute Gasteiger partial charge is 0.478 e. The average molecular weight is 289 g/mol. The Kier molecular flexibility index (Phi) is 4.45. The number of hydrogen-bond donors (Lipinski definition) is 3. The predicted octanol–water partition coefficient (Wildman–Crippen LogP) is 2.24. The number of carbonyl (C=O) groups excluding carboxylic acids is 1. The number of rotatable bonds is 4. The van der Waals surface area contributed by atoms with E-state index in [-0.39, 0.29) is 17.8 Å². The Morgan fingerprint density at radius 1 is 1.29 bits per heavy atom. The number of carbonyl (C=O) groups is 2. The van der Waals surface area contributed by atoms with E-state index in [1.54, 1.807) is 24.5 Å². The van der Waals surface area contributed by atoms with Crippen LogP contribution in [-0.2, 0) is 6.54 Å². The summed E-state index contributed by atoms with van der Waals surface area (Å²) in [6, 6.07) is 6.03. The van der Waals surface area contributed by atoms with E-state index in [0.717, 1.165) is 23.8 Å². The van der Waals surface area contributed by atoms with Crippen molar-refractivity contribution in [1.29, 1.82) is 0 Å². The molecule has 1 aromatic heterocycles. The van der Waals surface area contributed by atoms with Gasteiger partial charge in [0.1, 0.15) is 5.82 Å². The van der Waals surface area contributed by atoms with Gasteiger partial charge in [0.2, 0.25) is 0 Å². The first kappa shape index (κ1) is 14.4. The lowest BCUT2D eigenvalue weighted by Crippen LogP contribution is -2.28. The minimum absolute atomic E-state index is 0.112. The summed E-state index contributed by atoms with van der Waals surface area (Å²) in [5.41, 5.74) is 0.477. The first-order valence-corrected chi connectivity index (χ1v) is 6.03. The lowest BCUT2D eigenvalue weighted by molar-refractivity contribution is 0.0697. The summed E-state index contributed by atoms with van der Waals surface area (Å²) in [6.07, 6.45) is 3.20. The van der Waals surface area contributed by atoms with Crippen molar-refractivity contribution in [3.63, 3.8) is 0 Å². The normalized spacial score (nSPS) is 9.95. The standard InChI is InChI=1S/C14H12FN3O3/c15-11-4-3-10(13(19)20)6-12(11)18-14(21)17-8-9-2-1-5-16-7-9/h1-7H,8H2,(H,19,20)(H2,17,18,21). The van der Waals surface area contributed by atoms with E-state index in [4.69, 9.17) is 5.11 Å². The number of benzene rings is 1. The molecule has 21 heavy (non-hydrogen) atoms. The summed E-state index contributed by atoms with van der Waals surface area (Å²) in [7, 11) is 0. The second-order valence-electron chi connectivity index (χ2n) is 4.17. The lowest BCUT2D eigenvalue weighted by Gasteiger charge is -2.09. The number of nitrogens with zero attached hydrogens (tertiary/aromatic N) is 1. The zero-order valence-corrected chi connectivity index (χ0v) is 10.8. The average Bonchev–Trinajstić information content (AvgIpc) is 2.48. The molecule has 7 heteroatoms. The summed E-state index contributed by atoms with van der Waals surface area (Å²) in [4.78, 5) is 26.4. The highest BCUT2D eigenvalue weighted by molar-refractivity contribution is 5.93. The van der Waals surface area contributed by atoms with E-state index in [1.807, 2.05) is 0 Å². The van der Waals surface area contributed by atoms with Crippen LogP contribution in [0.2, 0.25) is 0 Å².